The number of anilines is 1. The van der Waals surface area contributed by atoms with Crippen molar-refractivity contribution in [1.29, 1.82) is 0 Å². The van der Waals surface area contributed by atoms with Crippen LogP contribution >= 0.6 is 11.8 Å². The van der Waals surface area contributed by atoms with Crippen molar-refractivity contribution in [2.45, 2.75) is 37.0 Å². The molecule has 1 aliphatic rings. The van der Waals surface area contributed by atoms with Crippen molar-refractivity contribution >= 4 is 17.6 Å². The quantitative estimate of drug-likeness (QED) is 0.789. The number of nitrogens with zero attached hydrogens (tertiary/aromatic N) is 2. The first-order valence-corrected chi connectivity index (χ1v) is 7.05. The van der Waals surface area contributed by atoms with Crippen LogP contribution in [0.1, 0.15) is 25.8 Å². The van der Waals surface area contributed by atoms with E-state index in [1.165, 1.54) is 5.56 Å². The number of thioether (sulfide) groups is 1. The van der Waals surface area contributed by atoms with E-state index in [4.69, 9.17) is 4.74 Å². The van der Waals surface area contributed by atoms with E-state index in [1.807, 2.05) is 11.8 Å². The first-order chi connectivity index (χ1) is 8.35. The minimum atomic E-state index is 0.564. The number of rotatable bonds is 6. The van der Waals surface area contributed by atoms with Gasteiger partial charge in [-0.3, -0.25) is 0 Å². The second-order valence-corrected chi connectivity index (χ2v) is 5.35. The van der Waals surface area contributed by atoms with Crippen LogP contribution in [-0.2, 0) is 11.2 Å². The molecule has 4 nitrogen and oxygen atoms in total. The molecular weight excluding hydrogens is 234 g/mol. The fraction of sp³-hybridized carbons (Fsp3) is 0.667. The van der Waals surface area contributed by atoms with Crippen molar-refractivity contribution in [2.24, 2.45) is 0 Å². The van der Waals surface area contributed by atoms with Gasteiger partial charge in [-0.1, -0.05) is 25.6 Å². The molecule has 0 bridgehead atoms. The standard InChI is InChI=1S/C12H19N3OS/c1-3-5-13-11-10(4-2)12(15-8-14-11)17-9-6-16-7-9/h8-9H,3-7H2,1-2H3,(H,13,14,15). The predicted molar refractivity (Wildman–Crippen MR) is 70.7 cm³/mol. The van der Waals surface area contributed by atoms with Gasteiger partial charge in [-0.25, -0.2) is 9.97 Å². The average Bonchev–Trinajstić information content (AvgIpc) is 2.31. The van der Waals surface area contributed by atoms with Crippen LogP contribution < -0.4 is 5.32 Å². The van der Waals surface area contributed by atoms with Crippen LogP contribution in [0.5, 0.6) is 0 Å². The lowest BCUT2D eigenvalue weighted by Crippen LogP contribution is -2.30. The van der Waals surface area contributed by atoms with Gasteiger partial charge in [0.2, 0.25) is 0 Å². The summed E-state index contributed by atoms with van der Waals surface area (Å²) in [6.45, 7) is 6.95. The lowest BCUT2D eigenvalue weighted by molar-refractivity contribution is 0.0454. The Balaban J connectivity index is 2.12. The lowest BCUT2D eigenvalue weighted by atomic mass is 10.2. The van der Waals surface area contributed by atoms with E-state index >= 15 is 0 Å². The molecule has 5 heteroatoms. The van der Waals surface area contributed by atoms with E-state index in [0.717, 1.165) is 43.4 Å². The summed E-state index contributed by atoms with van der Waals surface area (Å²) in [6.07, 6.45) is 3.72. The number of hydrogen-bond acceptors (Lipinski definition) is 5. The summed E-state index contributed by atoms with van der Waals surface area (Å²) in [6, 6.07) is 0. The largest absolute Gasteiger partial charge is 0.379 e. The van der Waals surface area contributed by atoms with E-state index in [1.54, 1.807) is 6.33 Å². The smallest absolute Gasteiger partial charge is 0.133 e. The van der Waals surface area contributed by atoms with Crippen LogP contribution in [0.15, 0.2) is 11.4 Å². The Hall–Kier alpha value is -0.810. The highest BCUT2D eigenvalue weighted by molar-refractivity contribution is 8.00. The van der Waals surface area contributed by atoms with Gasteiger partial charge >= 0.3 is 0 Å². The van der Waals surface area contributed by atoms with Gasteiger partial charge in [-0.05, 0) is 12.8 Å². The molecule has 1 fully saturated rings. The zero-order chi connectivity index (χ0) is 12.1. The topological polar surface area (TPSA) is 47.0 Å². The molecule has 0 radical (unpaired) electrons. The molecule has 1 aliphatic heterocycles. The Morgan fingerprint density at radius 1 is 1.41 bits per heavy atom. The summed E-state index contributed by atoms with van der Waals surface area (Å²) < 4.78 is 5.20. The van der Waals surface area contributed by atoms with E-state index in [9.17, 15) is 0 Å². The van der Waals surface area contributed by atoms with E-state index < -0.39 is 0 Å². The molecule has 0 saturated carbocycles. The van der Waals surface area contributed by atoms with Gasteiger partial charge < -0.3 is 10.1 Å². The monoisotopic (exact) mass is 253 g/mol. The minimum Gasteiger partial charge on any atom is -0.379 e. The predicted octanol–water partition coefficient (Wildman–Crippen LogP) is 2.35. The second-order valence-electron chi connectivity index (χ2n) is 4.06. The molecule has 1 N–H and O–H groups in total. The van der Waals surface area contributed by atoms with Gasteiger partial charge in [-0.15, -0.1) is 0 Å². The molecule has 17 heavy (non-hydrogen) atoms. The second kappa shape index (κ2) is 6.21. The molecule has 1 aromatic rings. The zero-order valence-corrected chi connectivity index (χ0v) is 11.2. The van der Waals surface area contributed by atoms with Crippen LogP contribution in [0.3, 0.4) is 0 Å². The highest BCUT2D eigenvalue weighted by atomic mass is 32.2. The summed E-state index contributed by atoms with van der Waals surface area (Å²) in [4.78, 5) is 8.73. The normalized spacial score (nSPS) is 15.6. The molecule has 2 rings (SSSR count). The van der Waals surface area contributed by atoms with Crippen LogP contribution in [0, 0.1) is 0 Å². The molecule has 0 spiro atoms. The van der Waals surface area contributed by atoms with Gasteiger partial charge in [0, 0.05) is 12.1 Å². The molecule has 1 aromatic heterocycles. The Kier molecular flexibility index (Phi) is 4.62. The first kappa shape index (κ1) is 12.6. The maximum Gasteiger partial charge on any atom is 0.133 e. The first-order valence-electron chi connectivity index (χ1n) is 6.17. The van der Waals surface area contributed by atoms with Gasteiger partial charge in [0.25, 0.3) is 0 Å². The zero-order valence-electron chi connectivity index (χ0n) is 10.4. The lowest BCUT2D eigenvalue weighted by Gasteiger charge is -2.25. The van der Waals surface area contributed by atoms with Gasteiger partial charge in [0.05, 0.1) is 18.5 Å². The summed E-state index contributed by atoms with van der Waals surface area (Å²) in [5.41, 5.74) is 1.23. The molecule has 0 amide bonds. The summed E-state index contributed by atoms with van der Waals surface area (Å²) in [5.74, 6) is 0.993. The van der Waals surface area contributed by atoms with Crippen molar-refractivity contribution < 1.29 is 4.74 Å². The maximum absolute atomic E-state index is 5.20. The van der Waals surface area contributed by atoms with E-state index in [-0.39, 0.29) is 0 Å². The third kappa shape index (κ3) is 3.10. The highest BCUT2D eigenvalue weighted by Gasteiger charge is 2.22. The van der Waals surface area contributed by atoms with Crippen LogP contribution in [0.25, 0.3) is 0 Å². The van der Waals surface area contributed by atoms with Crippen molar-refractivity contribution in [3.05, 3.63) is 11.9 Å². The summed E-state index contributed by atoms with van der Waals surface area (Å²) >= 11 is 1.81. The summed E-state index contributed by atoms with van der Waals surface area (Å²) in [5, 5.41) is 5.04. The molecule has 94 valence electrons. The Morgan fingerprint density at radius 2 is 2.24 bits per heavy atom. The number of ether oxygens (including phenoxy) is 1. The van der Waals surface area contributed by atoms with Crippen LogP contribution in [0.4, 0.5) is 5.82 Å². The molecule has 1 saturated heterocycles. The molecule has 0 unspecified atom stereocenters. The molecule has 0 aliphatic carbocycles. The van der Waals surface area contributed by atoms with E-state index in [0.29, 0.717) is 5.25 Å². The van der Waals surface area contributed by atoms with Crippen molar-refractivity contribution in [3.63, 3.8) is 0 Å². The molecule has 0 atom stereocenters. The Bertz CT molecular complexity index is 369. The van der Waals surface area contributed by atoms with Crippen molar-refractivity contribution in [2.75, 3.05) is 25.1 Å². The molecular formula is C12H19N3OS. The van der Waals surface area contributed by atoms with Gasteiger partial charge in [-0.2, -0.15) is 0 Å². The van der Waals surface area contributed by atoms with Gasteiger partial charge in [0.15, 0.2) is 0 Å². The van der Waals surface area contributed by atoms with Crippen LogP contribution in [-0.4, -0.2) is 35.0 Å². The number of aromatic nitrogens is 2. The van der Waals surface area contributed by atoms with Crippen molar-refractivity contribution in [3.8, 4) is 0 Å². The van der Waals surface area contributed by atoms with E-state index in [2.05, 4.69) is 29.1 Å². The Labute approximate surface area is 107 Å². The van der Waals surface area contributed by atoms with Crippen LogP contribution in [0.2, 0.25) is 0 Å². The van der Waals surface area contributed by atoms with Crippen molar-refractivity contribution in [1.82, 2.24) is 9.97 Å². The summed E-state index contributed by atoms with van der Waals surface area (Å²) in [7, 11) is 0. The third-order valence-corrected chi connectivity index (χ3v) is 3.87. The SMILES string of the molecule is CCCNc1ncnc(SC2COC2)c1CC. The highest BCUT2D eigenvalue weighted by Crippen LogP contribution is 2.31. The molecule has 2 heterocycles. The number of nitrogens with one attached hydrogen (secondary N) is 1. The average molecular weight is 253 g/mol. The fourth-order valence-electron chi connectivity index (χ4n) is 1.65. The molecule has 0 aromatic carbocycles. The van der Waals surface area contributed by atoms with Gasteiger partial charge in [0.1, 0.15) is 17.2 Å². The fourth-order valence-corrected chi connectivity index (χ4v) is 2.79. The minimum absolute atomic E-state index is 0.564. The Morgan fingerprint density at radius 3 is 2.82 bits per heavy atom. The third-order valence-electron chi connectivity index (χ3n) is 2.69. The maximum atomic E-state index is 5.20. The number of hydrogen-bond donors (Lipinski definition) is 1.